The minimum Gasteiger partial charge on any atom is -0.543 e. The van der Waals surface area contributed by atoms with Gasteiger partial charge >= 0.3 is 29.6 Å². The first-order valence-electron chi connectivity index (χ1n) is 7.23. The molecule has 23 heavy (non-hydrogen) atoms. The minimum atomic E-state index is -1.38. The van der Waals surface area contributed by atoms with E-state index in [1.54, 1.807) is 0 Å². The molecule has 7 nitrogen and oxygen atoms in total. The second kappa shape index (κ2) is 6.76. The van der Waals surface area contributed by atoms with Crippen LogP contribution >= 0.6 is 11.8 Å². The number of nitrogens with zero attached hydrogens (tertiary/aromatic N) is 1. The fraction of sp³-hybridized carbons (Fsp3) is 0.643. The van der Waals surface area contributed by atoms with Gasteiger partial charge in [0.05, 0.1) is 29.7 Å². The zero-order chi connectivity index (χ0) is 16.2. The van der Waals surface area contributed by atoms with Gasteiger partial charge in [0, 0.05) is 29.0 Å². The van der Waals surface area contributed by atoms with Gasteiger partial charge in [-0.15, -0.1) is 11.8 Å². The van der Waals surface area contributed by atoms with Gasteiger partial charge in [-0.1, -0.05) is 6.92 Å². The van der Waals surface area contributed by atoms with Crippen LogP contribution in [0.1, 0.15) is 20.3 Å². The standard InChI is InChI=1S/C14H18N2O5S.Na/c1-5-10-9(6(2)17)13(19)16(10)11(14(20)21)12(5)22-7-3-8(18)15-4-7;/h5-7,9-10,17H,3-4H2,1-2H3,(H,15,18)(H,20,21);/q;+1/p-1/t5?,6-,7?,9?,10+;/m1./s1. The first kappa shape index (κ1) is 18.8. The molecular formula is C14H17N2NaO5S. The molecule has 0 saturated carbocycles. The van der Waals surface area contributed by atoms with Gasteiger partial charge < -0.3 is 25.2 Å². The molecule has 0 aromatic rings. The maximum absolute atomic E-state index is 12.1. The summed E-state index contributed by atoms with van der Waals surface area (Å²) in [5.41, 5.74) is -0.0938. The molecule has 0 spiro atoms. The van der Waals surface area contributed by atoms with Crippen LogP contribution in [0.4, 0.5) is 0 Å². The molecule has 3 aliphatic heterocycles. The maximum Gasteiger partial charge on any atom is 1.00 e. The number of aliphatic carboxylic acids is 1. The molecule has 0 bridgehead atoms. The van der Waals surface area contributed by atoms with Gasteiger partial charge in [-0.3, -0.25) is 9.59 Å². The normalized spacial score (nSPS) is 33.8. The van der Waals surface area contributed by atoms with Crippen LogP contribution in [0.25, 0.3) is 0 Å². The fourth-order valence-corrected chi connectivity index (χ4v) is 4.92. The van der Waals surface area contributed by atoms with Crippen LogP contribution in [0.2, 0.25) is 0 Å². The number of β-lactam (4-membered cyclic amide) rings is 1. The number of nitrogens with one attached hydrogen (secondary N) is 1. The van der Waals surface area contributed by atoms with Crippen molar-refractivity contribution in [3.05, 3.63) is 10.6 Å². The van der Waals surface area contributed by atoms with Crippen molar-refractivity contribution in [2.24, 2.45) is 11.8 Å². The molecule has 0 aromatic carbocycles. The topological polar surface area (TPSA) is 110 Å². The van der Waals surface area contributed by atoms with Gasteiger partial charge in [-0.05, 0) is 6.92 Å². The number of carboxylic acids is 1. The van der Waals surface area contributed by atoms with E-state index in [0.29, 0.717) is 17.9 Å². The first-order chi connectivity index (χ1) is 10.3. The van der Waals surface area contributed by atoms with Crippen molar-refractivity contribution in [1.29, 1.82) is 0 Å². The van der Waals surface area contributed by atoms with E-state index in [0.717, 1.165) is 0 Å². The SMILES string of the molecule is CC1C(SC2CNC(=O)C2)=C(C(=O)[O-])N2C(=O)C([C@@H](C)O)[C@H]12.[Na+]. The Morgan fingerprint density at radius 3 is 2.61 bits per heavy atom. The Hall–Kier alpha value is -0.540. The largest absolute Gasteiger partial charge is 1.00 e. The maximum atomic E-state index is 12.1. The van der Waals surface area contributed by atoms with Crippen molar-refractivity contribution in [3.8, 4) is 0 Å². The van der Waals surface area contributed by atoms with Crippen molar-refractivity contribution in [1.82, 2.24) is 10.2 Å². The van der Waals surface area contributed by atoms with E-state index < -0.39 is 18.0 Å². The second-order valence-corrected chi connectivity index (χ2v) is 7.34. The van der Waals surface area contributed by atoms with Gasteiger partial charge in [-0.2, -0.15) is 0 Å². The average Bonchev–Trinajstić information content (AvgIpc) is 2.92. The van der Waals surface area contributed by atoms with Crippen LogP contribution in [0.5, 0.6) is 0 Å². The van der Waals surface area contributed by atoms with E-state index in [-0.39, 0.29) is 64.3 Å². The number of aliphatic hydroxyl groups is 1. The van der Waals surface area contributed by atoms with E-state index >= 15 is 0 Å². The van der Waals surface area contributed by atoms with Gasteiger partial charge in [-0.25, -0.2) is 0 Å². The predicted octanol–water partition coefficient (Wildman–Crippen LogP) is -4.57. The summed E-state index contributed by atoms with van der Waals surface area (Å²) in [4.78, 5) is 36.7. The molecular weight excluding hydrogens is 331 g/mol. The van der Waals surface area contributed by atoms with Crippen LogP contribution in [0.3, 0.4) is 0 Å². The van der Waals surface area contributed by atoms with Crippen LogP contribution in [0, 0.1) is 11.8 Å². The summed E-state index contributed by atoms with van der Waals surface area (Å²) in [5.74, 6) is -2.58. The number of hydrogen-bond donors (Lipinski definition) is 2. The van der Waals surface area contributed by atoms with Crippen molar-refractivity contribution >= 4 is 29.5 Å². The Bertz CT molecular complexity index is 594. The molecule has 0 radical (unpaired) electrons. The Labute approximate surface area is 160 Å². The summed E-state index contributed by atoms with van der Waals surface area (Å²) < 4.78 is 0. The molecule has 2 N–H and O–H groups in total. The number of aliphatic hydroxyl groups excluding tert-OH is 1. The molecule has 5 atom stereocenters. The van der Waals surface area contributed by atoms with Gasteiger partial charge in [0.15, 0.2) is 0 Å². The summed E-state index contributed by atoms with van der Waals surface area (Å²) in [6.07, 6.45) is -0.488. The summed E-state index contributed by atoms with van der Waals surface area (Å²) in [6.45, 7) is 3.87. The van der Waals surface area contributed by atoms with Gasteiger partial charge in [0.25, 0.3) is 0 Å². The number of rotatable bonds is 4. The Morgan fingerprint density at radius 2 is 2.13 bits per heavy atom. The quantitative estimate of drug-likeness (QED) is 0.391. The molecule has 3 rings (SSSR count). The fourth-order valence-electron chi connectivity index (χ4n) is 3.51. The summed E-state index contributed by atoms with van der Waals surface area (Å²) in [7, 11) is 0. The number of hydrogen-bond acceptors (Lipinski definition) is 6. The van der Waals surface area contributed by atoms with E-state index in [9.17, 15) is 24.6 Å². The van der Waals surface area contributed by atoms with Crippen LogP contribution in [0.15, 0.2) is 10.6 Å². The zero-order valence-corrected chi connectivity index (χ0v) is 16.1. The first-order valence-corrected chi connectivity index (χ1v) is 8.11. The minimum absolute atomic E-state index is 0. The van der Waals surface area contributed by atoms with Crippen LogP contribution < -0.4 is 40.0 Å². The molecule has 3 heterocycles. The van der Waals surface area contributed by atoms with E-state index in [1.807, 2.05) is 6.92 Å². The van der Waals surface area contributed by atoms with Crippen molar-refractivity contribution in [3.63, 3.8) is 0 Å². The monoisotopic (exact) mass is 348 g/mol. The van der Waals surface area contributed by atoms with Crippen molar-refractivity contribution < 1.29 is 54.2 Å². The van der Waals surface area contributed by atoms with Crippen LogP contribution in [-0.4, -0.2) is 51.7 Å². The molecule has 2 amide bonds. The smallest absolute Gasteiger partial charge is 0.543 e. The second-order valence-electron chi connectivity index (χ2n) is 6.00. The number of amides is 2. The predicted molar refractivity (Wildman–Crippen MR) is 76.0 cm³/mol. The molecule has 120 valence electrons. The van der Waals surface area contributed by atoms with Crippen LogP contribution in [-0.2, 0) is 14.4 Å². The third kappa shape index (κ3) is 2.95. The number of carbonyl (C=O) groups is 3. The Morgan fingerprint density at radius 1 is 1.48 bits per heavy atom. The Kier molecular flexibility index (Phi) is 5.52. The van der Waals surface area contributed by atoms with Crippen molar-refractivity contribution in [2.45, 2.75) is 37.7 Å². The molecule has 0 aliphatic carbocycles. The van der Waals surface area contributed by atoms with E-state index in [4.69, 9.17) is 0 Å². The number of fused-ring (bicyclic) bond motifs is 1. The third-order valence-electron chi connectivity index (χ3n) is 4.54. The number of thioether (sulfide) groups is 1. The average molecular weight is 348 g/mol. The summed E-state index contributed by atoms with van der Waals surface area (Å²) >= 11 is 1.33. The molecule has 2 fully saturated rings. The molecule has 3 unspecified atom stereocenters. The number of carboxylic acid groups (broad SMARTS) is 1. The third-order valence-corrected chi connectivity index (χ3v) is 6.02. The zero-order valence-electron chi connectivity index (χ0n) is 13.2. The van der Waals surface area contributed by atoms with E-state index in [1.165, 1.54) is 23.6 Å². The van der Waals surface area contributed by atoms with Crippen molar-refractivity contribution in [2.75, 3.05) is 6.54 Å². The molecule has 2 saturated heterocycles. The Balaban J connectivity index is 0.00000192. The number of carbonyl (C=O) groups excluding carboxylic acids is 3. The summed E-state index contributed by atoms with van der Waals surface area (Å²) in [5, 5.41) is 23.9. The molecule has 3 aliphatic rings. The van der Waals surface area contributed by atoms with Gasteiger partial charge in [0.2, 0.25) is 11.8 Å². The molecule has 0 aromatic heterocycles. The summed E-state index contributed by atoms with van der Waals surface area (Å²) in [6, 6.07) is -0.340. The molecule has 9 heteroatoms. The van der Waals surface area contributed by atoms with Gasteiger partial charge in [0.1, 0.15) is 0 Å². The van der Waals surface area contributed by atoms with E-state index in [2.05, 4.69) is 5.32 Å².